The molecule has 0 N–H and O–H groups in total. The van der Waals surface area contributed by atoms with Crippen molar-refractivity contribution in [3.8, 4) is 5.75 Å². The zero-order valence-electron chi connectivity index (χ0n) is 13.9. The normalized spacial score (nSPS) is 15.4. The summed E-state index contributed by atoms with van der Waals surface area (Å²) in [6.45, 7) is 3.35. The maximum Gasteiger partial charge on any atom is 0.416 e. The summed E-state index contributed by atoms with van der Waals surface area (Å²) < 4.78 is 56.0. The molecule has 1 amide bonds. The molecule has 0 unspecified atom stereocenters. The molecule has 0 aliphatic carbocycles. The molecule has 9 heteroatoms. The molecule has 2 aromatic rings. The lowest BCUT2D eigenvalue weighted by Crippen LogP contribution is -2.53. The van der Waals surface area contributed by atoms with Crippen molar-refractivity contribution in [3.63, 3.8) is 0 Å². The number of hydrogen-bond acceptors (Lipinski definition) is 4. The number of carbonyl (C=O) groups excluding carboxylic acids is 1. The molecule has 0 atom stereocenters. The Morgan fingerprint density at radius 2 is 1.89 bits per heavy atom. The van der Waals surface area contributed by atoms with Crippen molar-refractivity contribution < 1.29 is 31.6 Å². The number of amides is 1. The molecule has 1 aromatic heterocycles. The van der Waals surface area contributed by atoms with Crippen molar-refractivity contribution in [1.29, 1.82) is 0 Å². The number of likely N-dealkylation sites (tertiary alicyclic amines) is 1. The fourth-order valence-electron chi connectivity index (χ4n) is 2.54. The van der Waals surface area contributed by atoms with E-state index >= 15 is 0 Å². The Morgan fingerprint density at radius 3 is 2.41 bits per heavy atom. The number of rotatable bonds is 5. The average molecular weight is 382 g/mol. The van der Waals surface area contributed by atoms with Crippen molar-refractivity contribution in [2.24, 2.45) is 11.1 Å². The van der Waals surface area contributed by atoms with Gasteiger partial charge in [-0.15, -0.1) is 0 Å². The highest BCUT2D eigenvalue weighted by Gasteiger charge is 2.37. The predicted octanol–water partition coefficient (Wildman–Crippen LogP) is 4.02. The minimum absolute atomic E-state index is 0.108. The Bertz CT molecular complexity index is 852. The SMILES string of the molecule is C=C(F)C(=O)N1CC(C(=NOc2ccc(C(F)(F)F)cc2)c2ccco2)C1. The number of benzene rings is 1. The highest BCUT2D eigenvalue weighted by Crippen LogP contribution is 2.30. The second-order valence-corrected chi connectivity index (χ2v) is 5.88. The number of hydrogen-bond donors (Lipinski definition) is 0. The first-order chi connectivity index (χ1) is 12.8. The summed E-state index contributed by atoms with van der Waals surface area (Å²) >= 11 is 0. The topological polar surface area (TPSA) is 55.0 Å². The van der Waals surface area contributed by atoms with Gasteiger partial charge in [0.05, 0.1) is 11.8 Å². The van der Waals surface area contributed by atoms with Crippen LogP contribution in [0.2, 0.25) is 0 Å². The lowest BCUT2D eigenvalue weighted by atomic mass is 9.93. The molecule has 0 radical (unpaired) electrons. The third-order valence-corrected chi connectivity index (χ3v) is 3.99. The third kappa shape index (κ3) is 4.18. The summed E-state index contributed by atoms with van der Waals surface area (Å²) in [5.74, 6) is -1.62. The molecular weight excluding hydrogens is 368 g/mol. The molecule has 1 aromatic carbocycles. The summed E-state index contributed by atoms with van der Waals surface area (Å²) in [4.78, 5) is 18.0. The van der Waals surface area contributed by atoms with Crippen LogP contribution in [0.4, 0.5) is 17.6 Å². The fourth-order valence-corrected chi connectivity index (χ4v) is 2.54. The van der Waals surface area contributed by atoms with Gasteiger partial charge in [0, 0.05) is 19.0 Å². The van der Waals surface area contributed by atoms with Crippen LogP contribution in [-0.2, 0) is 11.0 Å². The molecule has 2 heterocycles. The van der Waals surface area contributed by atoms with Gasteiger partial charge in [0.2, 0.25) is 0 Å². The van der Waals surface area contributed by atoms with E-state index in [1.165, 1.54) is 11.2 Å². The van der Waals surface area contributed by atoms with E-state index in [2.05, 4.69) is 11.7 Å². The van der Waals surface area contributed by atoms with Gasteiger partial charge in [0.15, 0.2) is 17.3 Å². The molecule has 1 aliphatic heterocycles. The highest BCUT2D eigenvalue weighted by atomic mass is 19.4. The van der Waals surface area contributed by atoms with Crippen molar-refractivity contribution in [2.75, 3.05) is 13.1 Å². The number of oxime groups is 1. The second kappa shape index (κ2) is 7.26. The first kappa shape index (κ1) is 18.7. The maximum absolute atomic E-state index is 12.9. The molecule has 142 valence electrons. The average Bonchev–Trinajstić information content (AvgIpc) is 3.10. The monoisotopic (exact) mass is 382 g/mol. The van der Waals surface area contributed by atoms with Crippen LogP contribution in [0.5, 0.6) is 5.75 Å². The number of alkyl halides is 3. The summed E-state index contributed by atoms with van der Waals surface area (Å²) in [6, 6.07) is 7.33. The number of carbonyl (C=O) groups is 1. The van der Waals surface area contributed by atoms with E-state index in [0.717, 1.165) is 24.3 Å². The number of halogens is 4. The van der Waals surface area contributed by atoms with Gasteiger partial charge < -0.3 is 14.2 Å². The fraction of sp³-hybridized carbons (Fsp3) is 0.222. The van der Waals surface area contributed by atoms with Crippen LogP contribution in [0.1, 0.15) is 11.3 Å². The lowest BCUT2D eigenvalue weighted by molar-refractivity contribution is -0.137. The maximum atomic E-state index is 12.9. The molecular formula is C18H14F4N2O3. The quantitative estimate of drug-likeness (QED) is 0.340. The van der Waals surface area contributed by atoms with Crippen molar-refractivity contribution >= 4 is 11.6 Å². The first-order valence-corrected chi connectivity index (χ1v) is 7.85. The van der Waals surface area contributed by atoms with Crippen molar-refractivity contribution in [1.82, 2.24) is 4.90 Å². The smallest absolute Gasteiger partial charge is 0.416 e. The highest BCUT2D eigenvalue weighted by molar-refractivity contribution is 6.02. The van der Waals surface area contributed by atoms with Gasteiger partial charge in [-0.2, -0.15) is 13.2 Å². The molecule has 27 heavy (non-hydrogen) atoms. The Kier molecular flexibility index (Phi) is 5.02. The van der Waals surface area contributed by atoms with Crippen molar-refractivity contribution in [2.45, 2.75) is 6.18 Å². The van der Waals surface area contributed by atoms with Crippen LogP contribution in [0.25, 0.3) is 0 Å². The Hall–Kier alpha value is -3.10. The minimum Gasteiger partial charge on any atom is -0.463 e. The van der Waals surface area contributed by atoms with Crippen molar-refractivity contribution in [3.05, 3.63) is 66.4 Å². The second-order valence-electron chi connectivity index (χ2n) is 5.88. The van der Waals surface area contributed by atoms with E-state index in [1.807, 2.05) is 0 Å². The van der Waals surface area contributed by atoms with Gasteiger partial charge in [-0.05, 0) is 36.4 Å². The van der Waals surface area contributed by atoms with Crippen LogP contribution in [-0.4, -0.2) is 29.6 Å². The summed E-state index contributed by atoms with van der Waals surface area (Å²) in [6.07, 6.45) is -3.02. The van der Waals surface area contributed by atoms with E-state index in [0.29, 0.717) is 11.5 Å². The standard InChI is InChI=1S/C18H14F4N2O3/c1-11(19)17(25)24-9-12(10-24)16(15-3-2-8-26-15)23-27-14-6-4-13(5-7-14)18(20,21)22/h2-8,12H,1,9-10H2. The Morgan fingerprint density at radius 1 is 1.22 bits per heavy atom. The van der Waals surface area contributed by atoms with Crippen LogP contribution in [0, 0.1) is 5.92 Å². The molecule has 1 fully saturated rings. The van der Waals surface area contributed by atoms with Crippen LogP contribution in [0.15, 0.2) is 64.6 Å². The van der Waals surface area contributed by atoms with E-state index in [1.54, 1.807) is 12.1 Å². The summed E-state index contributed by atoms with van der Waals surface area (Å²) in [7, 11) is 0. The number of furan rings is 1. The van der Waals surface area contributed by atoms with Gasteiger partial charge in [-0.3, -0.25) is 4.79 Å². The van der Waals surface area contributed by atoms with Crippen LogP contribution < -0.4 is 4.84 Å². The molecule has 0 saturated carbocycles. The van der Waals surface area contributed by atoms with Crippen LogP contribution in [0.3, 0.4) is 0 Å². The zero-order valence-corrected chi connectivity index (χ0v) is 13.9. The lowest BCUT2D eigenvalue weighted by Gasteiger charge is -2.38. The molecule has 1 saturated heterocycles. The minimum atomic E-state index is -4.44. The van der Waals surface area contributed by atoms with Gasteiger partial charge >= 0.3 is 6.18 Å². The summed E-state index contributed by atoms with van der Waals surface area (Å²) in [5.41, 5.74) is -0.432. The van der Waals surface area contributed by atoms with E-state index in [9.17, 15) is 22.4 Å². The molecule has 1 aliphatic rings. The Labute approximate surface area is 151 Å². The van der Waals surface area contributed by atoms with E-state index in [-0.39, 0.29) is 24.8 Å². The Balaban J connectivity index is 1.73. The largest absolute Gasteiger partial charge is 0.463 e. The number of nitrogens with zero attached hydrogens (tertiary/aromatic N) is 2. The van der Waals surface area contributed by atoms with Gasteiger partial charge in [-0.1, -0.05) is 11.7 Å². The molecule has 0 bridgehead atoms. The third-order valence-electron chi connectivity index (χ3n) is 3.99. The molecule has 5 nitrogen and oxygen atoms in total. The molecule has 3 rings (SSSR count). The first-order valence-electron chi connectivity index (χ1n) is 7.85. The summed E-state index contributed by atoms with van der Waals surface area (Å²) in [5, 5.41) is 3.98. The van der Waals surface area contributed by atoms with Gasteiger partial charge in [-0.25, -0.2) is 4.39 Å². The van der Waals surface area contributed by atoms with E-state index in [4.69, 9.17) is 9.25 Å². The predicted molar refractivity (Wildman–Crippen MR) is 87.6 cm³/mol. The molecule has 0 spiro atoms. The van der Waals surface area contributed by atoms with Crippen LogP contribution >= 0.6 is 0 Å². The zero-order chi connectivity index (χ0) is 19.6. The van der Waals surface area contributed by atoms with Gasteiger partial charge in [0.25, 0.3) is 5.91 Å². The van der Waals surface area contributed by atoms with Gasteiger partial charge in [0.1, 0.15) is 5.71 Å². The van der Waals surface area contributed by atoms with E-state index < -0.39 is 23.5 Å².